The van der Waals surface area contributed by atoms with Crippen molar-refractivity contribution < 1.29 is 47.8 Å². The molecular formula is C42H44IN3O4. The molecule has 7 rings (SSSR count). The molecule has 1 fully saturated rings. The Labute approximate surface area is 311 Å². The van der Waals surface area contributed by atoms with E-state index < -0.39 is 17.8 Å². The highest BCUT2D eigenvalue weighted by Gasteiger charge is 2.45. The van der Waals surface area contributed by atoms with E-state index in [1.807, 2.05) is 0 Å². The topological polar surface area (TPSA) is 69.9 Å². The lowest BCUT2D eigenvalue weighted by Gasteiger charge is -2.27. The van der Waals surface area contributed by atoms with Crippen molar-refractivity contribution in [1.82, 2.24) is 5.06 Å². The maximum Gasteiger partial charge on any atom is 0.333 e. The summed E-state index contributed by atoms with van der Waals surface area (Å²) in [5, 5.41) is 5.69. The standard InChI is InChI=1S/C42H44N3O4.HI/c1-41(2)34(43(5)32-23-21-28-14-8-10-16-30(28)39(32)41)18-13-19-35-42(3,4)40-31-17-11-9-15-29(31)22-24-33(40)44(35)27-12-6-7-20-38(48)49-45-36(46)25-26-37(45)47;/h8-11,13-19,21-24H,6-7,12,20,25-27H2,1-5H3;1H/q+1;/p-1. The summed E-state index contributed by atoms with van der Waals surface area (Å²) in [5.74, 6) is -1.44. The lowest BCUT2D eigenvalue weighted by molar-refractivity contribution is -0.401. The van der Waals surface area contributed by atoms with E-state index in [1.165, 1.54) is 55.5 Å². The van der Waals surface area contributed by atoms with Gasteiger partial charge in [-0.15, -0.1) is 5.06 Å². The number of hydrogen-bond acceptors (Lipinski definition) is 5. The van der Waals surface area contributed by atoms with Gasteiger partial charge in [-0.05, 0) is 72.0 Å². The van der Waals surface area contributed by atoms with Gasteiger partial charge in [-0.25, -0.2) is 4.79 Å². The minimum atomic E-state index is -0.541. The van der Waals surface area contributed by atoms with Gasteiger partial charge in [-0.3, -0.25) is 9.59 Å². The number of hydrogen-bond donors (Lipinski definition) is 0. The van der Waals surface area contributed by atoms with E-state index >= 15 is 0 Å². The zero-order valence-corrected chi connectivity index (χ0v) is 31.6. The second-order valence-corrected chi connectivity index (χ2v) is 14.5. The number of rotatable bonds is 9. The van der Waals surface area contributed by atoms with Crippen LogP contribution in [0.3, 0.4) is 0 Å². The summed E-state index contributed by atoms with van der Waals surface area (Å²) in [6.45, 7) is 10.1. The molecule has 0 radical (unpaired) electrons. The fraction of sp³-hybridized carbons (Fsp3) is 0.333. The van der Waals surface area contributed by atoms with Gasteiger partial charge in [0.25, 0.3) is 11.8 Å². The number of fused-ring (bicyclic) bond motifs is 6. The van der Waals surface area contributed by atoms with E-state index in [0.717, 1.165) is 19.4 Å². The Balaban J connectivity index is 0.00000432. The normalized spacial score (nSPS) is 18.5. The first-order valence-electron chi connectivity index (χ1n) is 17.4. The summed E-state index contributed by atoms with van der Waals surface area (Å²) in [6.07, 6.45) is 9.43. The molecule has 0 saturated carbocycles. The lowest BCUT2D eigenvalue weighted by atomic mass is 9.79. The zero-order chi connectivity index (χ0) is 34.5. The Kier molecular flexibility index (Phi) is 9.79. The molecule has 0 aromatic heterocycles. The highest BCUT2D eigenvalue weighted by Crippen LogP contribution is 2.51. The molecule has 7 nitrogen and oxygen atoms in total. The number of hydroxylamine groups is 2. The molecule has 0 unspecified atom stereocenters. The quantitative estimate of drug-likeness (QED) is 0.0985. The van der Waals surface area contributed by atoms with Crippen molar-refractivity contribution >= 4 is 56.4 Å². The maximum absolute atomic E-state index is 12.4. The monoisotopic (exact) mass is 781 g/mol. The molecule has 3 heterocycles. The van der Waals surface area contributed by atoms with Gasteiger partial charge >= 0.3 is 5.97 Å². The number of amides is 2. The minimum absolute atomic E-state index is 0. The van der Waals surface area contributed by atoms with Crippen LogP contribution in [0.2, 0.25) is 0 Å². The van der Waals surface area contributed by atoms with Crippen LogP contribution >= 0.6 is 0 Å². The summed E-state index contributed by atoms with van der Waals surface area (Å²) in [6, 6.07) is 26.2. The van der Waals surface area contributed by atoms with Crippen LogP contribution < -0.4 is 28.9 Å². The van der Waals surface area contributed by atoms with Gasteiger partial charge in [0.15, 0.2) is 5.71 Å². The average Bonchev–Trinajstić information content (AvgIpc) is 3.59. The summed E-state index contributed by atoms with van der Waals surface area (Å²) >= 11 is 0. The summed E-state index contributed by atoms with van der Waals surface area (Å²) in [7, 11) is 2.17. The lowest BCUT2D eigenvalue weighted by Crippen LogP contribution is -3.00. The molecule has 258 valence electrons. The molecule has 50 heavy (non-hydrogen) atoms. The van der Waals surface area contributed by atoms with E-state index in [1.54, 1.807) is 0 Å². The van der Waals surface area contributed by atoms with Crippen molar-refractivity contribution in [3.8, 4) is 0 Å². The van der Waals surface area contributed by atoms with Crippen molar-refractivity contribution in [2.45, 2.75) is 77.0 Å². The van der Waals surface area contributed by atoms with Crippen LogP contribution in [0, 0.1) is 0 Å². The molecule has 3 aliphatic heterocycles. The predicted molar refractivity (Wildman–Crippen MR) is 195 cm³/mol. The Morgan fingerprint density at radius 2 is 1.42 bits per heavy atom. The Morgan fingerprint density at radius 1 is 0.800 bits per heavy atom. The molecule has 8 heteroatoms. The van der Waals surface area contributed by atoms with Gasteiger partial charge in [-0.1, -0.05) is 80.9 Å². The highest BCUT2D eigenvalue weighted by molar-refractivity contribution is 6.07. The molecular weight excluding hydrogens is 737 g/mol. The third-order valence-electron chi connectivity index (χ3n) is 10.6. The Bertz CT molecular complexity index is 2110. The first-order valence-corrected chi connectivity index (χ1v) is 17.4. The number of imide groups is 1. The molecule has 0 bridgehead atoms. The van der Waals surface area contributed by atoms with E-state index in [9.17, 15) is 14.4 Å². The maximum atomic E-state index is 12.4. The van der Waals surface area contributed by atoms with Gasteiger partial charge in [0.05, 0.1) is 5.41 Å². The van der Waals surface area contributed by atoms with Gasteiger partial charge in [0, 0.05) is 60.3 Å². The SMILES string of the molecule is C[N+]1=C(/C=C/C=C2\N(CCCCCC(=O)ON3C(=O)CCC3=O)c3ccc4ccccc4c3C2(C)C)C(C)(C)c2c1ccc1ccccc21.[I-]. The summed E-state index contributed by atoms with van der Waals surface area (Å²) in [5.41, 5.74) is 7.26. The number of unbranched alkanes of at least 4 members (excludes halogenated alkanes) is 2. The molecule has 1 saturated heterocycles. The Morgan fingerprint density at radius 3 is 2.10 bits per heavy atom. The molecule has 0 aliphatic carbocycles. The molecule has 4 aromatic rings. The number of nitrogens with zero attached hydrogens (tertiary/aromatic N) is 3. The van der Waals surface area contributed by atoms with Crippen LogP contribution in [0.1, 0.15) is 77.3 Å². The number of halogens is 1. The molecule has 0 atom stereocenters. The largest absolute Gasteiger partial charge is 1.00 e. The second kappa shape index (κ2) is 13.8. The number of anilines is 1. The molecule has 2 amide bonds. The smallest absolute Gasteiger partial charge is 0.333 e. The van der Waals surface area contributed by atoms with Crippen LogP contribution in [0.4, 0.5) is 11.4 Å². The van der Waals surface area contributed by atoms with Crippen LogP contribution in [0.25, 0.3) is 21.5 Å². The summed E-state index contributed by atoms with van der Waals surface area (Å²) in [4.78, 5) is 43.5. The van der Waals surface area contributed by atoms with E-state index in [2.05, 4.69) is 135 Å². The van der Waals surface area contributed by atoms with Crippen molar-refractivity contribution in [3.63, 3.8) is 0 Å². The van der Waals surface area contributed by atoms with Crippen LogP contribution in [0.5, 0.6) is 0 Å². The molecule has 0 spiro atoms. The first-order chi connectivity index (χ1) is 23.5. The third-order valence-corrected chi connectivity index (χ3v) is 10.6. The highest BCUT2D eigenvalue weighted by atomic mass is 127. The third kappa shape index (κ3) is 6.05. The van der Waals surface area contributed by atoms with Gasteiger partial charge < -0.3 is 33.7 Å². The number of carbonyl (C=O) groups excluding carboxylic acids is 3. The van der Waals surface area contributed by atoms with Crippen molar-refractivity contribution in [1.29, 1.82) is 0 Å². The van der Waals surface area contributed by atoms with Crippen molar-refractivity contribution in [2.24, 2.45) is 0 Å². The first kappa shape index (κ1) is 35.5. The Hall–Kier alpha value is -4.31. The van der Waals surface area contributed by atoms with E-state index in [-0.39, 0.29) is 54.1 Å². The van der Waals surface area contributed by atoms with Crippen molar-refractivity contribution in [2.75, 3.05) is 18.5 Å². The molecule has 4 aromatic carbocycles. The number of carbonyl (C=O) groups is 3. The summed E-state index contributed by atoms with van der Waals surface area (Å²) < 4.78 is 2.33. The fourth-order valence-electron chi connectivity index (χ4n) is 8.22. The average molecular weight is 782 g/mol. The second-order valence-electron chi connectivity index (χ2n) is 14.5. The van der Waals surface area contributed by atoms with Crippen LogP contribution in [-0.4, -0.2) is 46.7 Å². The van der Waals surface area contributed by atoms with Gasteiger partial charge in [0.2, 0.25) is 5.69 Å². The molecule has 3 aliphatic rings. The predicted octanol–water partition coefficient (Wildman–Crippen LogP) is 5.41. The van der Waals surface area contributed by atoms with Crippen LogP contribution in [0.15, 0.2) is 96.7 Å². The van der Waals surface area contributed by atoms with Gasteiger partial charge in [-0.2, -0.15) is 4.58 Å². The van der Waals surface area contributed by atoms with Gasteiger partial charge in [0.1, 0.15) is 7.05 Å². The minimum Gasteiger partial charge on any atom is -1.00 e. The zero-order valence-electron chi connectivity index (χ0n) is 29.5. The van der Waals surface area contributed by atoms with E-state index in [0.29, 0.717) is 11.5 Å². The van der Waals surface area contributed by atoms with Crippen molar-refractivity contribution in [3.05, 3.63) is 108 Å². The number of benzene rings is 4. The van der Waals surface area contributed by atoms with Crippen LogP contribution in [-0.2, 0) is 30.1 Å². The van der Waals surface area contributed by atoms with E-state index in [4.69, 9.17) is 4.84 Å². The fourth-order valence-corrected chi connectivity index (χ4v) is 8.22. The molecule has 0 N–H and O–H groups in total. The number of allylic oxidation sites excluding steroid dienone is 4.